The first kappa shape index (κ1) is 16.7. The van der Waals surface area contributed by atoms with Crippen LogP contribution in [0.15, 0.2) is 91.4 Å². The van der Waals surface area contributed by atoms with Gasteiger partial charge in [0.25, 0.3) is 5.91 Å². The molecule has 27 heavy (non-hydrogen) atoms. The van der Waals surface area contributed by atoms with Crippen molar-refractivity contribution in [3.63, 3.8) is 0 Å². The van der Waals surface area contributed by atoms with Crippen LogP contribution in [0.1, 0.15) is 21.5 Å². The predicted octanol–water partition coefficient (Wildman–Crippen LogP) is 4.11. The number of hydrogen-bond acceptors (Lipinski definition) is 3. The van der Waals surface area contributed by atoms with Gasteiger partial charge in [-0.1, -0.05) is 48.5 Å². The molecule has 0 saturated carbocycles. The Labute approximate surface area is 157 Å². The van der Waals surface area contributed by atoms with Gasteiger partial charge in [0, 0.05) is 18.0 Å². The topological polar surface area (TPSA) is 59.8 Å². The molecule has 4 rings (SSSR count). The summed E-state index contributed by atoms with van der Waals surface area (Å²) in [6, 6.07) is 23.3. The summed E-state index contributed by atoms with van der Waals surface area (Å²) in [6.45, 7) is 0. The quantitative estimate of drug-likeness (QED) is 0.587. The van der Waals surface area contributed by atoms with E-state index in [9.17, 15) is 4.79 Å². The van der Waals surface area contributed by atoms with E-state index in [-0.39, 0.29) is 5.91 Å². The Morgan fingerprint density at radius 1 is 0.926 bits per heavy atom. The van der Waals surface area contributed by atoms with Crippen molar-refractivity contribution >= 4 is 11.6 Å². The lowest BCUT2D eigenvalue weighted by Crippen LogP contribution is -2.14. The second kappa shape index (κ2) is 7.66. The monoisotopic (exact) mass is 354 g/mol. The van der Waals surface area contributed by atoms with Crippen LogP contribution in [-0.2, 0) is 6.42 Å². The van der Waals surface area contributed by atoms with Crippen LogP contribution < -0.4 is 5.32 Å². The van der Waals surface area contributed by atoms with Gasteiger partial charge in [-0.25, -0.2) is 9.67 Å². The van der Waals surface area contributed by atoms with Crippen molar-refractivity contribution < 1.29 is 4.79 Å². The van der Waals surface area contributed by atoms with Crippen molar-refractivity contribution in [1.82, 2.24) is 14.8 Å². The summed E-state index contributed by atoms with van der Waals surface area (Å²) in [5, 5.41) is 7.07. The zero-order valence-corrected chi connectivity index (χ0v) is 14.6. The highest BCUT2D eigenvalue weighted by atomic mass is 16.1. The molecule has 2 aromatic carbocycles. The van der Waals surface area contributed by atoms with Crippen LogP contribution in [0, 0.1) is 0 Å². The molecule has 0 aliphatic rings. The molecule has 2 aromatic heterocycles. The average molecular weight is 354 g/mol. The fourth-order valence-electron chi connectivity index (χ4n) is 2.91. The third kappa shape index (κ3) is 3.93. The average Bonchev–Trinajstić information content (AvgIpc) is 3.25. The summed E-state index contributed by atoms with van der Waals surface area (Å²) in [6.07, 6.45) is 5.86. The number of nitrogens with zero attached hydrogens (tertiary/aromatic N) is 3. The first-order chi connectivity index (χ1) is 13.3. The lowest BCUT2D eigenvalue weighted by molar-refractivity contribution is 0.102. The maximum atomic E-state index is 12.8. The molecule has 5 heteroatoms. The molecular formula is C22H18N4O. The van der Waals surface area contributed by atoms with E-state index in [4.69, 9.17) is 0 Å². The Bertz CT molecular complexity index is 1030. The molecular weight excluding hydrogens is 336 g/mol. The number of carbonyl (C=O) groups excluding carboxylic acids is 1. The van der Waals surface area contributed by atoms with E-state index < -0.39 is 0 Å². The Balaban J connectivity index is 1.52. The van der Waals surface area contributed by atoms with Crippen molar-refractivity contribution in [2.45, 2.75) is 6.42 Å². The number of benzene rings is 2. The summed E-state index contributed by atoms with van der Waals surface area (Å²) in [4.78, 5) is 17.1. The van der Waals surface area contributed by atoms with E-state index in [1.165, 1.54) is 5.56 Å². The van der Waals surface area contributed by atoms with Gasteiger partial charge < -0.3 is 5.32 Å². The van der Waals surface area contributed by atoms with Crippen LogP contribution in [0.5, 0.6) is 0 Å². The molecule has 0 aliphatic carbocycles. The lowest BCUT2D eigenvalue weighted by atomic mass is 9.99. The SMILES string of the molecule is O=C(Nc1ccc(-n2cccn2)nc1)c1ccccc1Cc1ccccc1. The largest absolute Gasteiger partial charge is 0.321 e. The number of hydrogen-bond donors (Lipinski definition) is 1. The number of amides is 1. The van der Waals surface area contributed by atoms with Crippen LogP contribution in [-0.4, -0.2) is 20.7 Å². The van der Waals surface area contributed by atoms with Crippen molar-refractivity contribution in [3.8, 4) is 5.82 Å². The molecule has 0 saturated heterocycles. The Hall–Kier alpha value is -3.73. The summed E-state index contributed by atoms with van der Waals surface area (Å²) >= 11 is 0. The van der Waals surface area contributed by atoms with Gasteiger partial charge in [-0.2, -0.15) is 5.10 Å². The lowest BCUT2D eigenvalue weighted by Gasteiger charge is -2.11. The molecule has 5 nitrogen and oxygen atoms in total. The molecule has 4 aromatic rings. The van der Waals surface area contributed by atoms with Gasteiger partial charge in [0.2, 0.25) is 0 Å². The van der Waals surface area contributed by atoms with Crippen molar-refractivity contribution in [2.24, 2.45) is 0 Å². The molecule has 0 radical (unpaired) electrons. The summed E-state index contributed by atoms with van der Waals surface area (Å²) in [5.74, 6) is 0.553. The number of pyridine rings is 1. The zero-order chi connectivity index (χ0) is 18.5. The number of carbonyl (C=O) groups is 1. The van der Waals surface area contributed by atoms with Crippen LogP contribution in [0.25, 0.3) is 5.82 Å². The van der Waals surface area contributed by atoms with Gasteiger partial charge in [-0.3, -0.25) is 4.79 Å². The number of rotatable bonds is 5. The Morgan fingerprint density at radius 2 is 1.74 bits per heavy atom. The predicted molar refractivity (Wildman–Crippen MR) is 105 cm³/mol. The Morgan fingerprint density at radius 3 is 2.48 bits per heavy atom. The standard InChI is InChI=1S/C22H18N4O/c27-22(25-19-11-12-21(23-16-19)26-14-6-13-24-26)20-10-5-4-9-18(20)15-17-7-2-1-3-8-17/h1-14,16H,15H2,(H,25,27). The number of anilines is 1. The van der Waals surface area contributed by atoms with E-state index in [1.54, 1.807) is 17.1 Å². The fourth-order valence-corrected chi connectivity index (χ4v) is 2.91. The summed E-state index contributed by atoms with van der Waals surface area (Å²) < 4.78 is 1.67. The molecule has 0 atom stereocenters. The number of nitrogens with one attached hydrogen (secondary N) is 1. The van der Waals surface area contributed by atoms with E-state index in [0.717, 1.165) is 5.56 Å². The maximum absolute atomic E-state index is 12.8. The van der Waals surface area contributed by atoms with Crippen LogP contribution in [0.3, 0.4) is 0 Å². The second-order valence-corrected chi connectivity index (χ2v) is 6.13. The number of aromatic nitrogens is 3. The zero-order valence-electron chi connectivity index (χ0n) is 14.6. The summed E-state index contributed by atoms with van der Waals surface area (Å²) in [5.41, 5.74) is 3.47. The molecule has 0 spiro atoms. The molecule has 0 fully saturated rings. The second-order valence-electron chi connectivity index (χ2n) is 6.13. The van der Waals surface area contributed by atoms with Crippen molar-refractivity contribution in [2.75, 3.05) is 5.32 Å². The first-order valence-electron chi connectivity index (χ1n) is 8.69. The van der Waals surface area contributed by atoms with Crippen LogP contribution in [0.2, 0.25) is 0 Å². The molecule has 2 heterocycles. The molecule has 1 amide bonds. The highest BCUT2D eigenvalue weighted by molar-refractivity contribution is 6.05. The van der Waals surface area contributed by atoms with E-state index in [2.05, 4.69) is 27.5 Å². The van der Waals surface area contributed by atoms with Gasteiger partial charge in [-0.05, 0) is 41.8 Å². The minimum Gasteiger partial charge on any atom is -0.321 e. The van der Waals surface area contributed by atoms with E-state index >= 15 is 0 Å². The van der Waals surface area contributed by atoms with Gasteiger partial charge in [0.05, 0.1) is 11.9 Å². The molecule has 0 aliphatic heterocycles. The third-order valence-electron chi connectivity index (χ3n) is 4.24. The molecule has 0 bridgehead atoms. The van der Waals surface area contributed by atoms with Crippen molar-refractivity contribution in [3.05, 3.63) is 108 Å². The third-order valence-corrected chi connectivity index (χ3v) is 4.24. The fraction of sp³-hybridized carbons (Fsp3) is 0.0455. The van der Waals surface area contributed by atoms with E-state index in [1.807, 2.05) is 66.9 Å². The van der Waals surface area contributed by atoms with Gasteiger partial charge >= 0.3 is 0 Å². The van der Waals surface area contributed by atoms with Gasteiger partial charge in [0.1, 0.15) is 0 Å². The van der Waals surface area contributed by atoms with Gasteiger partial charge in [0.15, 0.2) is 5.82 Å². The summed E-state index contributed by atoms with van der Waals surface area (Å²) in [7, 11) is 0. The molecule has 0 unspecified atom stereocenters. The highest BCUT2D eigenvalue weighted by Crippen LogP contribution is 2.17. The normalized spacial score (nSPS) is 10.5. The maximum Gasteiger partial charge on any atom is 0.255 e. The minimum absolute atomic E-state index is 0.143. The van der Waals surface area contributed by atoms with Crippen molar-refractivity contribution in [1.29, 1.82) is 0 Å². The molecule has 132 valence electrons. The first-order valence-corrected chi connectivity index (χ1v) is 8.69. The highest BCUT2D eigenvalue weighted by Gasteiger charge is 2.12. The molecule has 1 N–H and O–H groups in total. The minimum atomic E-state index is -0.143. The smallest absolute Gasteiger partial charge is 0.255 e. The Kier molecular flexibility index (Phi) is 4.74. The van der Waals surface area contributed by atoms with Gasteiger partial charge in [-0.15, -0.1) is 0 Å². The van der Waals surface area contributed by atoms with E-state index in [0.29, 0.717) is 23.5 Å². The van der Waals surface area contributed by atoms with Crippen LogP contribution >= 0.6 is 0 Å². The van der Waals surface area contributed by atoms with Crippen LogP contribution in [0.4, 0.5) is 5.69 Å².